The summed E-state index contributed by atoms with van der Waals surface area (Å²) in [6, 6.07) is 9.01. The number of nitrogens with one attached hydrogen (secondary N) is 1. The van der Waals surface area contributed by atoms with Gasteiger partial charge in [-0.05, 0) is 42.3 Å². The number of aryl methyl sites for hydroxylation is 1. The summed E-state index contributed by atoms with van der Waals surface area (Å²) in [5.41, 5.74) is 6.28. The van der Waals surface area contributed by atoms with Gasteiger partial charge < -0.3 is 5.73 Å². The molecule has 0 aliphatic heterocycles. The molecule has 3 N–H and O–H groups in total. The molecule has 2 rings (SSSR count). The summed E-state index contributed by atoms with van der Waals surface area (Å²) in [7, 11) is -3.77. The van der Waals surface area contributed by atoms with Gasteiger partial charge in [-0.1, -0.05) is 23.7 Å². The molecule has 0 aliphatic carbocycles. The molecule has 0 atom stereocenters. The molecule has 0 aromatic heterocycles. The summed E-state index contributed by atoms with van der Waals surface area (Å²) in [5, 5.41) is 0.573. The highest BCUT2D eigenvalue weighted by Crippen LogP contribution is 2.21. The van der Waals surface area contributed by atoms with E-state index in [0.717, 1.165) is 17.7 Å². The number of rotatable bonds is 4. The molecule has 0 aliphatic rings. The SMILES string of the molecule is Cc1cc(F)c(N)cc1S(=O)(=O)NCc1ccc(Cl)cc1. The summed E-state index contributed by atoms with van der Waals surface area (Å²) in [6.07, 6.45) is 0. The van der Waals surface area contributed by atoms with Crippen LogP contribution < -0.4 is 10.5 Å². The molecular weight excluding hydrogens is 315 g/mol. The first-order valence-electron chi connectivity index (χ1n) is 6.09. The van der Waals surface area contributed by atoms with Crippen LogP contribution in [-0.2, 0) is 16.6 Å². The Morgan fingerprint density at radius 3 is 2.48 bits per heavy atom. The maximum absolute atomic E-state index is 13.3. The van der Waals surface area contributed by atoms with E-state index in [4.69, 9.17) is 17.3 Å². The van der Waals surface area contributed by atoms with E-state index in [2.05, 4.69) is 4.72 Å². The van der Waals surface area contributed by atoms with Gasteiger partial charge >= 0.3 is 0 Å². The van der Waals surface area contributed by atoms with Gasteiger partial charge in [0.15, 0.2) is 0 Å². The third-order valence-electron chi connectivity index (χ3n) is 2.96. The van der Waals surface area contributed by atoms with Gasteiger partial charge in [-0.3, -0.25) is 0 Å². The highest BCUT2D eigenvalue weighted by molar-refractivity contribution is 7.89. The predicted molar refractivity (Wildman–Crippen MR) is 81.0 cm³/mol. The van der Waals surface area contributed by atoms with E-state index < -0.39 is 15.8 Å². The minimum atomic E-state index is -3.77. The van der Waals surface area contributed by atoms with Crippen molar-refractivity contribution in [2.24, 2.45) is 0 Å². The Balaban J connectivity index is 2.22. The minimum absolute atomic E-state index is 0.0321. The average molecular weight is 329 g/mol. The van der Waals surface area contributed by atoms with Crippen LogP contribution in [0.25, 0.3) is 0 Å². The number of anilines is 1. The number of halogens is 2. The van der Waals surface area contributed by atoms with Crippen LogP contribution in [0.2, 0.25) is 5.02 Å². The van der Waals surface area contributed by atoms with Gasteiger partial charge in [0.1, 0.15) is 5.82 Å². The number of nitrogen functional groups attached to an aromatic ring is 1. The van der Waals surface area contributed by atoms with Crippen LogP contribution in [-0.4, -0.2) is 8.42 Å². The van der Waals surface area contributed by atoms with E-state index in [1.54, 1.807) is 24.3 Å². The van der Waals surface area contributed by atoms with Crippen LogP contribution in [0.15, 0.2) is 41.3 Å². The number of hydrogen-bond donors (Lipinski definition) is 2. The normalized spacial score (nSPS) is 11.6. The van der Waals surface area contributed by atoms with Gasteiger partial charge in [0, 0.05) is 11.6 Å². The molecule has 0 amide bonds. The van der Waals surface area contributed by atoms with Crippen molar-refractivity contribution in [1.29, 1.82) is 0 Å². The van der Waals surface area contributed by atoms with Crippen molar-refractivity contribution in [3.63, 3.8) is 0 Å². The van der Waals surface area contributed by atoms with Gasteiger partial charge in [0.05, 0.1) is 10.6 Å². The molecule has 2 aromatic rings. The van der Waals surface area contributed by atoms with Crippen molar-refractivity contribution in [1.82, 2.24) is 4.72 Å². The van der Waals surface area contributed by atoms with Crippen LogP contribution in [0.5, 0.6) is 0 Å². The third kappa shape index (κ3) is 3.72. The van der Waals surface area contributed by atoms with Gasteiger partial charge in [0.2, 0.25) is 10.0 Å². The summed E-state index contributed by atoms with van der Waals surface area (Å²) in [4.78, 5) is -0.0321. The largest absolute Gasteiger partial charge is 0.396 e. The lowest BCUT2D eigenvalue weighted by atomic mass is 10.2. The van der Waals surface area contributed by atoms with Crippen LogP contribution in [0.3, 0.4) is 0 Å². The zero-order valence-corrected chi connectivity index (χ0v) is 12.8. The molecule has 0 saturated heterocycles. The second-order valence-electron chi connectivity index (χ2n) is 4.59. The molecule has 2 aromatic carbocycles. The molecule has 0 bridgehead atoms. The van der Waals surface area contributed by atoms with Gasteiger partial charge in [-0.2, -0.15) is 0 Å². The first-order valence-corrected chi connectivity index (χ1v) is 7.95. The van der Waals surface area contributed by atoms with Gasteiger partial charge in [-0.25, -0.2) is 17.5 Å². The van der Waals surface area contributed by atoms with Crippen molar-refractivity contribution < 1.29 is 12.8 Å². The van der Waals surface area contributed by atoms with Crippen molar-refractivity contribution in [3.05, 3.63) is 58.4 Å². The van der Waals surface area contributed by atoms with Crippen LogP contribution in [0.1, 0.15) is 11.1 Å². The Morgan fingerprint density at radius 2 is 1.86 bits per heavy atom. The number of nitrogens with two attached hydrogens (primary N) is 1. The van der Waals surface area contributed by atoms with E-state index in [0.29, 0.717) is 10.6 Å². The van der Waals surface area contributed by atoms with Gasteiger partial charge in [-0.15, -0.1) is 0 Å². The second kappa shape index (κ2) is 6.01. The van der Waals surface area contributed by atoms with E-state index in [1.165, 1.54) is 6.92 Å². The van der Waals surface area contributed by atoms with E-state index in [1.807, 2.05) is 0 Å². The van der Waals surface area contributed by atoms with E-state index >= 15 is 0 Å². The Morgan fingerprint density at radius 1 is 1.24 bits per heavy atom. The van der Waals surface area contributed by atoms with Crippen LogP contribution in [0, 0.1) is 12.7 Å². The van der Waals surface area contributed by atoms with Gasteiger partial charge in [0.25, 0.3) is 0 Å². The summed E-state index contributed by atoms with van der Waals surface area (Å²) in [6.45, 7) is 1.62. The number of hydrogen-bond acceptors (Lipinski definition) is 3. The average Bonchev–Trinajstić information content (AvgIpc) is 2.42. The van der Waals surface area contributed by atoms with Crippen molar-refractivity contribution in [3.8, 4) is 0 Å². The zero-order valence-electron chi connectivity index (χ0n) is 11.2. The fourth-order valence-corrected chi connectivity index (χ4v) is 3.22. The van der Waals surface area contributed by atoms with Crippen molar-refractivity contribution in [2.75, 3.05) is 5.73 Å². The minimum Gasteiger partial charge on any atom is -0.396 e. The molecule has 21 heavy (non-hydrogen) atoms. The van der Waals surface area contributed by atoms with E-state index in [9.17, 15) is 12.8 Å². The van der Waals surface area contributed by atoms with Crippen molar-refractivity contribution in [2.45, 2.75) is 18.4 Å². The lowest BCUT2D eigenvalue weighted by Crippen LogP contribution is -2.24. The predicted octanol–water partition coefficient (Wildman–Crippen LogP) is 2.85. The number of sulfonamides is 1. The standard InChI is InChI=1S/C14H14ClFN2O2S/c1-9-6-12(16)13(17)7-14(9)21(19,20)18-8-10-2-4-11(15)5-3-10/h2-7,18H,8,17H2,1H3. The molecule has 0 spiro atoms. The third-order valence-corrected chi connectivity index (χ3v) is 4.76. The Kier molecular flexibility index (Phi) is 4.51. The molecule has 0 fully saturated rings. The Labute approximate surface area is 127 Å². The highest BCUT2D eigenvalue weighted by atomic mass is 35.5. The van der Waals surface area contributed by atoms with E-state index in [-0.39, 0.29) is 17.1 Å². The molecule has 7 heteroatoms. The smallest absolute Gasteiger partial charge is 0.241 e. The summed E-state index contributed by atoms with van der Waals surface area (Å²) >= 11 is 5.76. The molecule has 112 valence electrons. The fraction of sp³-hybridized carbons (Fsp3) is 0.143. The highest BCUT2D eigenvalue weighted by Gasteiger charge is 2.18. The Bertz CT molecular complexity index is 761. The Hall–Kier alpha value is -1.63. The maximum Gasteiger partial charge on any atom is 0.241 e. The second-order valence-corrected chi connectivity index (χ2v) is 6.76. The monoisotopic (exact) mass is 328 g/mol. The zero-order chi connectivity index (χ0) is 15.6. The quantitative estimate of drug-likeness (QED) is 0.848. The topological polar surface area (TPSA) is 72.2 Å². The lowest BCUT2D eigenvalue weighted by molar-refractivity contribution is 0.579. The molecule has 0 unspecified atom stereocenters. The first-order chi connectivity index (χ1) is 9.79. The van der Waals surface area contributed by atoms with Crippen LogP contribution >= 0.6 is 11.6 Å². The molecule has 0 radical (unpaired) electrons. The molecular formula is C14H14ClFN2O2S. The molecule has 0 heterocycles. The van der Waals surface area contributed by atoms with Crippen molar-refractivity contribution >= 4 is 27.3 Å². The first kappa shape index (κ1) is 15.8. The number of benzene rings is 2. The lowest BCUT2D eigenvalue weighted by Gasteiger charge is -2.11. The summed E-state index contributed by atoms with van der Waals surface area (Å²) < 4.78 is 40.2. The fourth-order valence-electron chi connectivity index (χ4n) is 1.82. The molecule has 4 nitrogen and oxygen atoms in total. The summed E-state index contributed by atoms with van der Waals surface area (Å²) in [5.74, 6) is -0.635. The van der Waals surface area contributed by atoms with Crippen LogP contribution in [0.4, 0.5) is 10.1 Å². The maximum atomic E-state index is 13.3. The molecule has 0 saturated carbocycles.